The van der Waals surface area contributed by atoms with Crippen molar-refractivity contribution in [3.8, 4) is 17.2 Å². The number of likely N-dealkylation sites (N-methyl/N-ethyl adjacent to an activating group) is 1. The normalized spacial score (nSPS) is 15.5. The molecule has 176 valence electrons. The van der Waals surface area contributed by atoms with E-state index in [-0.39, 0.29) is 6.61 Å². The third-order valence-corrected chi connectivity index (χ3v) is 5.58. The van der Waals surface area contributed by atoms with Crippen LogP contribution in [0.1, 0.15) is 31.7 Å². The first kappa shape index (κ1) is 24.4. The fraction of sp³-hybridized carbons (Fsp3) is 0.538. The maximum absolute atomic E-state index is 10.4. The molecule has 0 amide bonds. The molecule has 3 rings (SSSR count). The van der Waals surface area contributed by atoms with Gasteiger partial charge in [-0.05, 0) is 69.7 Å². The van der Waals surface area contributed by atoms with Gasteiger partial charge in [0.15, 0.2) is 11.5 Å². The van der Waals surface area contributed by atoms with Crippen LogP contribution in [0.15, 0.2) is 48.5 Å². The largest absolute Gasteiger partial charge is 0.492 e. The molecular formula is C26H38N2O4. The lowest BCUT2D eigenvalue weighted by Gasteiger charge is -2.26. The standard InChI is InChI=1S/C26H38N2O4/c1-3-30-25-12-5-6-13-26(25)32-21-23(29)20-27(2)19-22-10-9-11-24(18-22)31-17-16-28-14-7-4-8-15-28/h5-6,9-13,18,23,29H,3-4,7-8,14-17,19-21H2,1-2H3/t23-/m0/s1. The van der Waals surface area contributed by atoms with E-state index in [0.717, 1.165) is 31.0 Å². The Kier molecular flexibility index (Phi) is 10.1. The molecule has 1 fully saturated rings. The molecule has 2 aromatic carbocycles. The fourth-order valence-corrected chi connectivity index (χ4v) is 4.03. The van der Waals surface area contributed by atoms with Gasteiger partial charge in [0.25, 0.3) is 0 Å². The molecule has 0 saturated carbocycles. The fourth-order valence-electron chi connectivity index (χ4n) is 4.03. The number of likely N-dealkylation sites (tertiary alicyclic amines) is 1. The summed E-state index contributed by atoms with van der Waals surface area (Å²) in [6.07, 6.45) is 3.36. The quantitative estimate of drug-likeness (QED) is 0.509. The van der Waals surface area contributed by atoms with Crippen LogP contribution in [0.2, 0.25) is 0 Å². The minimum absolute atomic E-state index is 0.216. The van der Waals surface area contributed by atoms with E-state index in [1.165, 1.54) is 32.4 Å². The van der Waals surface area contributed by atoms with Crippen LogP contribution in [-0.4, -0.2) is 74.1 Å². The molecule has 0 spiro atoms. The van der Waals surface area contributed by atoms with E-state index in [1.807, 2.05) is 50.4 Å². The molecule has 0 bridgehead atoms. The number of ether oxygens (including phenoxy) is 3. The average molecular weight is 443 g/mol. The molecule has 1 atom stereocenters. The maximum Gasteiger partial charge on any atom is 0.161 e. The second-order valence-electron chi connectivity index (χ2n) is 8.44. The second-order valence-corrected chi connectivity index (χ2v) is 8.44. The number of hydrogen-bond donors (Lipinski definition) is 1. The van der Waals surface area contributed by atoms with E-state index in [1.54, 1.807) is 0 Å². The Morgan fingerprint density at radius 1 is 0.969 bits per heavy atom. The van der Waals surface area contributed by atoms with E-state index >= 15 is 0 Å². The second kappa shape index (κ2) is 13.3. The summed E-state index contributed by atoms with van der Waals surface area (Å²) in [5.41, 5.74) is 1.16. The van der Waals surface area contributed by atoms with Crippen LogP contribution in [0.25, 0.3) is 0 Å². The van der Waals surface area contributed by atoms with Crippen LogP contribution >= 0.6 is 0 Å². The number of aliphatic hydroxyl groups excluding tert-OH is 1. The molecule has 1 aliphatic heterocycles. The van der Waals surface area contributed by atoms with Crippen LogP contribution < -0.4 is 14.2 Å². The third-order valence-electron chi connectivity index (χ3n) is 5.58. The van der Waals surface area contributed by atoms with Crippen molar-refractivity contribution in [3.05, 3.63) is 54.1 Å². The van der Waals surface area contributed by atoms with Crippen molar-refractivity contribution in [1.82, 2.24) is 9.80 Å². The average Bonchev–Trinajstić information content (AvgIpc) is 2.79. The number of nitrogens with zero attached hydrogens (tertiary/aromatic N) is 2. The van der Waals surface area contributed by atoms with Crippen LogP contribution in [-0.2, 0) is 6.54 Å². The Morgan fingerprint density at radius 3 is 2.47 bits per heavy atom. The van der Waals surface area contributed by atoms with E-state index in [0.29, 0.717) is 24.7 Å². The molecule has 1 saturated heterocycles. The molecule has 1 aliphatic rings. The Morgan fingerprint density at radius 2 is 1.72 bits per heavy atom. The topological polar surface area (TPSA) is 54.4 Å². The van der Waals surface area contributed by atoms with Gasteiger partial charge in [-0.3, -0.25) is 9.80 Å². The highest BCUT2D eigenvalue weighted by molar-refractivity contribution is 5.39. The Hall–Kier alpha value is -2.28. The Labute approximate surface area is 192 Å². The van der Waals surface area contributed by atoms with E-state index < -0.39 is 6.10 Å². The van der Waals surface area contributed by atoms with Gasteiger partial charge in [0.05, 0.1) is 6.61 Å². The first-order chi connectivity index (χ1) is 15.6. The molecule has 32 heavy (non-hydrogen) atoms. The van der Waals surface area contributed by atoms with Gasteiger partial charge >= 0.3 is 0 Å². The zero-order valence-electron chi connectivity index (χ0n) is 19.5. The van der Waals surface area contributed by atoms with Gasteiger partial charge in [-0.25, -0.2) is 0 Å². The minimum atomic E-state index is -0.598. The van der Waals surface area contributed by atoms with Crippen molar-refractivity contribution < 1.29 is 19.3 Å². The number of benzene rings is 2. The lowest BCUT2D eigenvalue weighted by molar-refractivity contribution is 0.0730. The molecule has 6 nitrogen and oxygen atoms in total. The van der Waals surface area contributed by atoms with Crippen molar-refractivity contribution in [2.75, 3.05) is 53.0 Å². The SMILES string of the molecule is CCOc1ccccc1OC[C@@H](O)CN(C)Cc1cccc(OCCN2CCCCC2)c1. The van der Waals surface area contributed by atoms with E-state index in [9.17, 15) is 5.11 Å². The van der Waals surface area contributed by atoms with E-state index in [2.05, 4.69) is 21.9 Å². The van der Waals surface area contributed by atoms with Gasteiger partial charge in [-0.15, -0.1) is 0 Å². The van der Waals surface area contributed by atoms with Crippen molar-refractivity contribution >= 4 is 0 Å². The molecule has 0 unspecified atom stereocenters. The summed E-state index contributed by atoms with van der Waals surface area (Å²) >= 11 is 0. The van der Waals surface area contributed by atoms with Crippen LogP contribution in [0.5, 0.6) is 17.2 Å². The number of piperidine rings is 1. The number of rotatable bonds is 13. The predicted molar refractivity (Wildman–Crippen MR) is 128 cm³/mol. The summed E-state index contributed by atoms with van der Waals surface area (Å²) in [5, 5.41) is 10.4. The summed E-state index contributed by atoms with van der Waals surface area (Å²) in [5.74, 6) is 2.27. The van der Waals surface area contributed by atoms with E-state index in [4.69, 9.17) is 14.2 Å². The third kappa shape index (κ3) is 8.34. The lowest BCUT2D eigenvalue weighted by atomic mass is 10.1. The molecule has 6 heteroatoms. The summed E-state index contributed by atoms with van der Waals surface area (Å²) in [6.45, 7) is 8.07. The number of aliphatic hydroxyl groups is 1. The van der Waals surface area contributed by atoms with Crippen molar-refractivity contribution in [3.63, 3.8) is 0 Å². The van der Waals surface area contributed by atoms with Gasteiger partial charge < -0.3 is 19.3 Å². The molecule has 2 aromatic rings. The highest BCUT2D eigenvalue weighted by Crippen LogP contribution is 2.26. The van der Waals surface area contributed by atoms with Crippen LogP contribution in [0.4, 0.5) is 0 Å². The summed E-state index contributed by atoms with van der Waals surface area (Å²) in [6, 6.07) is 15.8. The van der Waals surface area contributed by atoms with Crippen LogP contribution in [0.3, 0.4) is 0 Å². The summed E-state index contributed by atoms with van der Waals surface area (Å²) in [4.78, 5) is 4.58. The molecule has 1 heterocycles. The highest BCUT2D eigenvalue weighted by atomic mass is 16.5. The van der Waals surface area contributed by atoms with Crippen molar-refractivity contribution in [2.24, 2.45) is 0 Å². The predicted octanol–water partition coefficient (Wildman–Crippen LogP) is 3.82. The van der Waals surface area contributed by atoms with Gasteiger partial charge in [0.1, 0.15) is 25.1 Å². The van der Waals surface area contributed by atoms with Crippen molar-refractivity contribution in [1.29, 1.82) is 0 Å². The zero-order chi connectivity index (χ0) is 22.6. The maximum atomic E-state index is 10.4. The molecule has 0 aromatic heterocycles. The molecule has 1 N–H and O–H groups in total. The summed E-state index contributed by atoms with van der Waals surface area (Å²) in [7, 11) is 2.00. The van der Waals surface area contributed by atoms with Gasteiger partial charge in [-0.1, -0.05) is 30.7 Å². The molecular weight excluding hydrogens is 404 g/mol. The van der Waals surface area contributed by atoms with Crippen molar-refractivity contribution in [2.45, 2.75) is 38.8 Å². The van der Waals surface area contributed by atoms with Crippen LogP contribution in [0, 0.1) is 0 Å². The smallest absolute Gasteiger partial charge is 0.161 e. The first-order valence-corrected chi connectivity index (χ1v) is 11.8. The lowest BCUT2D eigenvalue weighted by Crippen LogP contribution is -2.33. The Balaban J connectivity index is 1.40. The number of hydrogen-bond acceptors (Lipinski definition) is 6. The minimum Gasteiger partial charge on any atom is -0.492 e. The first-order valence-electron chi connectivity index (χ1n) is 11.8. The zero-order valence-corrected chi connectivity index (χ0v) is 19.5. The highest BCUT2D eigenvalue weighted by Gasteiger charge is 2.13. The molecule has 0 aliphatic carbocycles. The van der Waals surface area contributed by atoms with Gasteiger partial charge in [0.2, 0.25) is 0 Å². The van der Waals surface area contributed by atoms with Gasteiger partial charge in [0, 0.05) is 19.6 Å². The number of para-hydroxylation sites is 2. The Bertz CT molecular complexity index is 795. The molecule has 0 radical (unpaired) electrons. The van der Waals surface area contributed by atoms with Gasteiger partial charge in [-0.2, -0.15) is 0 Å². The summed E-state index contributed by atoms with van der Waals surface area (Å²) < 4.78 is 17.4. The monoisotopic (exact) mass is 442 g/mol.